The highest BCUT2D eigenvalue weighted by molar-refractivity contribution is 5.81. The van der Waals surface area contributed by atoms with Crippen LogP contribution in [0.25, 0.3) is 0 Å². The van der Waals surface area contributed by atoms with E-state index in [1.165, 1.54) is 5.56 Å². The van der Waals surface area contributed by atoms with Gasteiger partial charge >= 0.3 is 0 Å². The average molecular weight is 289 g/mol. The third-order valence-corrected chi connectivity index (χ3v) is 4.38. The molecule has 116 valence electrons. The summed E-state index contributed by atoms with van der Waals surface area (Å²) >= 11 is 0. The Morgan fingerprint density at radius 1 is 1.33 bits per heavy atom. The highest BCUT2D eigenvalue weighted by atomic mass is 16.5. The van der Waals surface area contributed by atoms with E-state index in [9.17, 15) is 4.79 Å². The predicted molar refractivity (Wildman–Crippen MR) is 85.6 cm³/mol. The minimum absolute atomic E-state index is 0.138. The van der Waals surface area contributed by atoms with Gasteiger partial charge in [-0.15, -0.1) is 0 Å². The maximum Gasteiger partial charge on any atom is 0.136 e. The van der Waals surface area contributed by atoms with Gasteiger partial charge in [-0.3, -0.25) is 4.79 Å². The summed E-state index contributed by atoms with van der Waals surface area (Å²) < 4.78 is 5.66. The molecule has 0 radical (unpaired) electrons. The number of hydrogen-bond acceptors (Lipinski definition) is 3. The van der Waals surface area contributed by atoms with Crippen molar-refractivity contribution in [2.45, 2.75) is 57.9 Å². The molecule has 2 N–H and O–H groups in total. The fourth-order valence-electron chi connectivity index (χ4n) is 2.98. The van der Waals surface area contributed by atoms with E-state index in [1.807, 2.05) is 25.1 Å². The minimum atomic E-state index is 0.138. The molecule has 1 aliphatic heterocycles. The molecule has 0 spiro atoms. The summed E-state index contributed by atoms with van der Waals surface area (Å²) in [4.78, 5) is 12.4. The molecule has 2 rings (SSSR count). The quantitative estimate of drug-likeness (QED) is 0.833. The molecular weight excluding hydrogens is 262 g/mol. The van der Waals surface area contributed by atoms with Crippen molar-refractivity contribution in [3.05, 3.63) is 29.8 Å². The third-order valence-electron chi connectivity index (χ3n) is 4.38. The molecule has 0 amide bonds. The van der Waals surface area contributed by atoms with E-state index >= 15 is 0 Å². The Bertz CT molecular complexity index is 470. The maximum absolute atomic E-state index is 12.4. The van der Waals surface area contributed by atoms with E-state index in [2.05, 4.69) is 13.0 Å². The van der Waals surface area contributed by atoms with Crippen LogP contribution in [0.2, 0.25) is 0 Å². The number of hydrogen-bond donors (Lipinski definition) is 1. The summed E-state index contributed by atoms with van der Waals surface area (Å²) in [7, 11) is 0. The lowest BCUT2D eigenvalue weighted by atomic mass is 9.85. The first kappa shape index (κ1) is 16.0. The van der Waals surface area contributed by atoms with E-state index in [0.717, 1.165) is 31.4 Å². The molecule has 1 aromatic rings. The molecule has 1 aromatic carbocycles. The number of benzene rings is 1. The van der Waals surface area contributed by atoms with Crippen LogP contribution in [0.15, 0.2) is 24.3 Å². The largest absolute Gasteiger partial charge is 0.493 e. The monoisotopic (exact) mass is 289 g/mol. The van der Waals surface area contributed by atoms with Crippen molar-refractivity contribution >= 4 is 5.78 Å². The second-order valence-corrected chi connectivity index (χ2v) is 6.35. The zero-order valence-electron chi connectivity index (χ0n) is 13.2. The molecule has 3 atom stereocenters. The third kappa shape index (κ3) is 4.57. The smallest absolute Gasteiger partial charge is 0.136 e. The number of para-hydroxylation sites is 1. The predicted octanol–water partition coefficient (Wildman–Crippen LogP) is 3.67. The summed E-state index contributed by atoms with van der Waals surface area (Å²) in [5.41, 5.74) is 6.95. The molecule has 0 saturated carbocycles. The van der Waals surface area contributed by atoms with Crippen molar-refractivity contribution in [3.63, 3.8) is 0 Å². The topological polar surface area (TPSA) is 52.3 Å². The van der Waals surface area contributed by atoms with Crippen LogP contribution in [-0.2, 0) is 4.79 Å². The Morgan fingerprint density at radius 3 is 2.86 bits per heavy atom. The molecule has 0 aliphatic carbocycles. The molecule has 0 fully saturated rings. The number of ether oxygens (including phenoxy) is 1. The van der Waals surface area contributed by atoms with Gasteiger partial charge in [-0.25, -0.2) is 0 Å². The van der Waals surface area contributed by atoms with Gasteiger partial charge in [0.2, 0.25) is 0 Å². The Hall–Kier alpha value is -1.35. The number of carbonyl (C=O) groups is 1. The Balaban J connectivity index is 1.88. The number of carbonyl (C=O) groups excluding carboxylic acids is 1. The fraction of sp³-hybridized carbons (Fsp3) is 0.611. The van der Waals surface area contributed by atoms with E-state index in [-0.39, 0.29) is 12.0 Å². The zero-order valence-corrected chi connectivity index (χ0v) is 13.2. The lowest BCUT2D eigenvalue weighted by molar-refractivity contribution is -0.123. The van der Waals surface area contributed by atoms with Crippen molar-refractivity contribution in [1.82, 2.24) is 0 Å². The number of ketones is 1. The van der Waals surface area contributed by atoms with E-state index in [0.29, 0.717) is 24.7 Å². The van der Waals surface area contributed by atoms with Crippen molar-refractivity contribution < 1.29 is 9.53 Å². The van der Waals surface area contributed by atoms with Gasteiger partial charge in [-0.1, -0.05) is 31.5 Å². The summed E-state index contributed by atoms with van der Waals surface area (Å²) in [5, 5.41) is 0. The van der Waals surface area contributed by atoms with Gasteiger partial charge in [0.15, 0.2) is 0 Å². The number of fused-ring (bicyclic) bond motifs is 1. The number of nitrogens with two attached hydrogens (primary N) is 1. The maximum atomic E-state index is 12.4. The lowest BCUT2D eigenvalue weighted by Crippen LogP contribution is -2.21. The molecule has 0 aromatic heterocycles. The van der Waals surface area contributed by atoms with Gasteiger partial charge in [-0.05, 0) is 43.7 Å². The van der Waals surface area contributed by atoms with Crippen molar-refractivity contribution in [3.8, 4) is 5.75 Å². The second-order valence-electron chi connectivity index (χ2n) is 6.35. The van der Waals surface area contributed by atoms with Crippen LogP contribution in [0, 0.1) is 5.92 Å². The Kier molecular flexibility index (Phi) is 5.80. The summed E-state index contributed by atoms with van der Waals surface area (Å²) in [6, 6.07) is 8.33. The molecule has 3 heteroatoms. The van der Waals surface area contributed by atoms with Crippen LogP contribution in [-0.4, -0.2) is 18.4 Å². The zero-order chi connectivity index (χ0) is 15.2. The highest BCUT2D eigenvalue weighted by Crippen LogP contribution is 2.36. The van der Waals surface area contributed by atoms with Crippen LogP contribution in [0.4, 0.5) is 0 Å². The summed E-state index contributed by atoms with van der Waals surface area (Å²) in [5.74, 6) is 1.78. The van der Waals surface area contributed by atoms with E-state index < -0.39 is 0 Å². The van der Waals surface area contributed by atoms with Crippen LogP contribution >= 0.6 is 0 Å². The molecular formula is C18H27NO2. The van der Waals surface area contributed by atoms with Crippen molar-refractivity contribution in [2.24, 2.45) is 11.7 Å². The standard InChI is InChI=1S/C18H27NO2/c1-13(6-5-7-14(2)19)17(20)12-15-10-11-21-18-9-4-3-8-16(15)18/h3-4,8-9,13-15H,5-7,10-12,19H2,1-2H3. The molecule has 0 saturated heterocycles. The van der Waals surface area contributed by atoms with Crippen molar-refractivity contribution in [1.29, 1.82) is 0 Å². The lowest BCUT2D eigenvalue weighted by Gasteiger charge is -2.26. The first-order valence-corrected chi connectivity index (χ1v) is 8.08. The number of Topliss-reactive ketones (excluding diaryl/α,β-unsaturated/α-hetero) is 1. The first-order valence-electron chi connectivity index (χ1n) is 8.08. The van der Waals surface area contributed by atoms with Crippen LogP contribution in [0.5, 0.6) is 5.75 Å². The average Bonchev–Trinajstić information content (AvgIpc) is 2.47. The van der Waals surface area contributed by atoms with Gasteiger partial charge in [0.1, 0.15) is 11.5 Å². The SMILES string of the molecule is CC(N)CCCC(C)C(=O)CC1CCOc2ccccc21. The van der Waals surface area contributed by atoms with Gasteiger partial charge < -0.3 is 10.5 Å². The molecule has 0 bridgehead atoms. The summed E-state index contributed by atoms with van der Waals surface area (Å²) in [6.07, 6.45) is 4.56. The van der Waals surface area contributed by atoms with Gasteiger partial charge in [0.25, 0.3) is 0 Å². The second kappa shape index (κ2) is 7.60. The number of rotatable bonds is 7. The Morgan fingerprint density at radius 2 is 2.10 bits per heavy atom. The Labute approximate surface area is 127 Å². The molecule has 3 unspecified atom stereocenters. The molecule has 21 heavy (non-hydrogen) atoms. The fourth-order valence-corrected chi connectivity index (χ4v) is 2.98. The van der Waals surface area contributed by atoms with E-state index in [4.69, 9.17) is 10.5 Å². The van der Waals surface area contributed by atoms with Gasteiger partial charge in [0, 0.05) is 18.4 Å². The molecule has 3 nitrogen and oxygen atoms in total. The van der Waals surface area contributed by atoms with Crippen LogP contribution < -0.4 is 10.5 Å². The normalized spacial score (nSPS) is 20.2. The van der Waals surface area contributed by atoms with Gasteiger partial charge in [-0.2, -0.15) is 0 Å². The minimum Gasteiger partial charge on any atom is -0.493 e. The van der Waals surface area contributed by atoms with Gasteiger partial charge in [0.05, 0.1) is 6.61 Å². The first-order chi connectivity index (χ1) is 10.1. The van der Waals surface area contributed by atoms with E-state index in [1.54, 1.807) is 0 Å². The molecule has 1 aliphatic rings. The summed E-state index contributed by atoms with van der Waals surface area (Å²) in [6.45, 7) is 4.79. The van der Waals surface area contributed by atoms with Crippen LogP contribution in [0.3, 0.4) is 0 Å². The molecule has 1 heterocycles. The van der Waals surface area contributed by atoms with Crippen LogP contribution in [0.1, 0.15) is 57.4 Å². The van der Waals surface area contributed by atoms with Crippen molar-refractivity contribution in [2.75, 3.05) is 6.61 Å². The highest BCUT2D eigenvalue weighted by Gasteiger charge is 2.25.